The van der Waals surface area contributed by atoms with Gasteiger partial charge in [0.05, 0.1) is 17.8 Å². The lowest BCUT2D eigenvalue weighted by molar-refractivity contribution is -0.137. The Kier molecular flexibility index (Phi) is 7.37. The molecule has 1 amide bonds. The molecule has 2 saturated heterocycles. The van der Waals surface area contributed by atoms with E-state index < -0.39 is 11.7 Å². The van der Waals surface area contributed by atoms with Crippen molar-refractivity contribution >= 4 is 11.7 Å². The summed E-state index contributed by atoms with van der Waals surface area (Å²) in [4.78, 5) is 23.2. The van der Waals surface area contributed by atoms with Crippen LogP contribution in [0.3, 0.4) is 0 Å². The van der Waals surface area contributed by atoms with Crippen LogP contribution in [0, 0.1) is 6.92 Å². The van der Waals surface area contributed by atoms with E-state index in [1.54, 1.807) is 4.90 Å². The largest absolute Gasteiger partial charge is 0.416 e. The molecule has 2 fully saturated rings. The number of amides is 1. The Labute approximate surface area is 196 Å². The van der Waals surface area contributed by atoms with Gasteiger partial charge in [-0.3, -0.25) is 4.79 Å². The van der Waals surface area contributed by atoms with Crippen LogP contribution in [0.2, 0.25) is 0 Å². The van der Waals surface area contributed by atoms with Crippen molar-refractivity contribution in [3.05, 3.63) is 53.0 Å². The molecule has 0 saturated carbocycles. The number of hydrogen-bond donors (Lipinski definition) is 2. The van der Waals surface area contributed by atoms with E-state index >= 15 is 0 Å². The molecule has 1 aromatic heterocycles. The van der Waals surface area contributed by atoms with Gasteiger partial charge >= 0.3 is 6.18 Å². The molecule has 0 unspecified atom stereocenters. The zero-order valence-corrected chi connectivity index (χ0v) is 19.1. The van der Waals surface area contributed by atoms with Crippen molar-refractivity contribution in [3.63, 3.8) is 0 Å². The summed E-state index contributed by atoms with van der Waals surface area (Å²) in [6, 6.07) is 5.31. The van der Waals surface area contributed by atoms with E-state index in [0.29, 0.717) is 36.7 Å². The number of piperidine rings is 1. The Morgan fingerprint density at radius 2 is 1.85 bits per heavy atom. The van der Waals surface area contributed by atoms with E-state index in [1.807, 2.05) is 6.92 Å². The molecule has 3 N–H and O–H groups in total. The highest BCUT2D eigenvalue weighted by molar-refractivity contribution is 5.94. The average molecular weight is 478 g/mol. The highest BCUT2D eigenvalue weighted by Gasteiger charge is 2.31. The molecule has 2 atom stereocenters. The number of benzene rings is 1. The Morgan fingerprint density at radius 3 is 2.53 bits per heavy atom. The summed E-state index contributed by atoms with van der Waals surface area (Å²) in [7, 11) is 0. The lowest BCUT2D eigenvalue weighted by Crippen LogP contribution is -2.43. The van der Waals surface area contributed by atoms with Crippen LogP contribution in [0.4, 0.5) is 19.0 Å². The summed E-state index contributed by atoms with van der Waals surface area (Å²) < 4.78 is 44.7. The van der Waals surface area contributed by atoms with Gasteiger partial charge in [-0.1, -0.05) is 12.1 Å². The molecule has 184 valence electrons. The monoisotopic (exact) mass is 477 g/mol. The van der Waals surface area contributed by atoms with Gasteiger partial charge in [0.15, 0.2) is 0 Å². The van der Waals surface area contributed by atoms with Crippen LogP contribution in [0.5, 0.6) is 0 Å². The molecule has 10 heteroatoms. The van der Waals surface area contributed by atoms with Crippen LogP contribution in [0.15, 0.2) is 30.6 Å². The van der Waals surface area contributed by atoms with Crippen LogP contribution in [0.25, 0.3) is 0 Å². The van der Waals surface area contributed by atoms with Crippen LogP contribution >= 0.6 is 0 Å². The maximum Gasteiger partial charge on any atom is 0.416 e. The number of aromatic nitrogens is 2. The molecule has 7 nitrogen and oxygen atoms in total. The van der Waals surface area contributed by atoms with E-state index in [2.05, 4.69) is 15.3 Å². The number of halogens is 3. The number of nitrogens with zero attached hydrogens (tertiary/aromatic N) is 3. The molecule has 0 spiro atoms. The molecule has 4 rings (SSSR count). The van der Waals surface area contributed by atoms with Crippen molar-refractivity contribution in [1.29, 1.82) is 0 Å². The third-order valence-electron chi connectivity index (χ3n) is 6.57. The van der Waals surface area contributed by atoms with Crippen molar-refractivity contribution in [2.24, 2.45) is 5.73 Å². The zero-order valence-electron chi connectivity index (χ0n) is 19.1. The summed E-state index contributed by atoms with van der Waals surface area (Å²) in [5, 5.41) is 3.27. The topological polar surface area (TPSA) is 93.4 Å². The lowest BCUT2D eigenvalue weighted by Gasteiger charge is -2.31. The van der Waals surface area contributed by atoms with Crippen molar-refractivity contribution < 1.29 is 22.7 Å². The minimum Gasteiger partial charge on any atom is -0.368 e. The number of carbonyl (C=O) groups excluding carboxylic acids is 1. The Morgan fingerprint density at radius 1 is 1.15 bits per heavy atom. The number of nitrogens with two attached hydrogens (primary N) is 1. The van der Waals surface area contributed by atoms with Gasteiger partial charge in [-0.25, -0.2) is 9.97 Å². The number of anilines is 1. The van der Waals surface area contributed by atoms with Crippen molar-refractivity contribution in [1.82, 2.24) is 14.9 Å². The van der Waals surface area contributed by atoms with Crippen LogP contribution in [-0.4, -0.2) is 52.6 Å². The van der Waals surface area contributed by atoms with Gasteiger partial charge in [-0.15, -0.1) is 0 Å². The first-order valence-corrected chi connectivity index (χ1v) is 11.7. The van der Waals surface area contributed by atoms with Gasteiger partial charge in [0.25, 0.3) is 5.91 Å². The van der Waals surface area contributed by atoms with Crippen molar-refractivity contribution in [3.8, 4) is 0 Å². The molecule has 3 heterocycles. The fourth-order valence-electron chi connectivity index (χ4n) is 4.49. The number of nitrogens with one attached hydrogen (secondary N) is 1. The number of rotatable bonds is 5. The normalized spacial score (nSPS) is 22.0. The predicted octanol–water partition coefficient (Wildman–Crippen LogP) is 4.09. The predicted molar refractivity (Wildman–Crippen MR) is 121 cm³/mol. The second-order valence-corrected chi connectivity index (χ2v) is 9.00. The lowest BCUT2D eigenvalue weighted by atomic mass is 9.97. The van der Waals surface area contributed by atoms with E-state index in [0.717, 1.165) is 49.8 Å². The minimum absolute atomic E-state index is 0.119. The molecule has 34 heavy (non-hydrogen) atoms. The van der Waals surface area contributed by atoms with Gasteiger partial charge in [-0.2, -0.15) is 13.2 Å². The summed E-state index contributed by atoms with van der Waals surface area (Å²) in [5.74, 6) is 0.457. The third kappa shape index (κ3) is 5.67. The summed E-state index contributed by atoms with van der Waals surface area (Å²) in [5.41, 5.74) is 7.07. The smallest absolute Gasteiger partial charge is 0.368 e. The van der Waals surface area contributed by atoms with E-state index in [9.17, 15) is 18.0 Å². The number of hydrogen-bond acceptors (Lipinski definition) is 6. The second-order valence-electron chi connectivity index (χ2n) is 9.00. The molecule has 2 aliphatic rings. The summed E-state index contributed by atoms with van der Waals surface area (Å²) in [6.07, 6.45) is 0.692. The molecule has 2 aromatic rings. The number of ether oxygens (including phenoxy) is 1. The van der Waals surface area contributed by atoms with Gasteiger partial charge < -0.3 is 20.7 Å². The van der Waals surface area contributed by atoms with E-state index in [-0.39, 0.29) is 24.2 Å². The van der Waals surface area contributed by atoms with Crippen LogP contribution < -0.4 is 11.1 Å². The Bertz CT molecular complexity index is 991. The maximum atomic E-state index is 12.9. The minimum atomic E-state index is -4.35. The fourth-order valence-corrected chi connectivity index (χ4v) is 4.49. The van der Waals surface area contributed by atoms with Gasteiger partial charge in [0.1, 0.15) is 17.8 Å². The number of carbonyl (C=O) groups is 1. The van der Waals surface area contributed by atoms with E-state index in [1.165, 1.54) is 18.5 Å². The third-order valence-corrected chi connectivity index (χ3v) is 6.57. The highest BCUT2D eigenvalue weighted by atomic mass is 19.4. The van der Waals surface area contributed by atoms with Crippen LogP contribution in [-0.2, 0) is 10.9 Å². The Hall–Kier alpha value is -2.72. The average Bonchev–Trinajstić information content (AvgIpc) is 2.83. The molecule has 0 aliphatic carbocycles. The molecule has 0 radical (unpaired) electrons. The molecular formula is C24H30F3N5O2. The zero-order chi connectivity index (χ0) is 24.3. The first-order valence-electron chi connectivity index (χ1n) is 11.7. The van der Waals surface area contributed by atoms with Gasteiger partial charge in [-0.05, 0) is 56.7 Å². The first kappa shape index (κ1) is 24.4. The van der Waals surface area contributed by atoms with Crippen molar-refractivity contribution in [2.75, 3.05) is 25.0 Å². The molecule has 1 aromatic carbocycles. The highest BCUT2D eigenvalue weighted by Crippen LogP contribution is 2.34. The number of alkyl halides is 3. The van der Waals surface area contributed by atoms with Crippen molar-refractivity contribution in [2.45, 2.75) is 63.5 Å². The first-order chi connectivity index (χ1) is 16.2. The summed E-state index contributed by atoms with van der Waals surface area (Å²) in [6.45, 7) is 3.53. The van der Waals surface area contributed by atoms with Gasteiger partial charge in [0, 0.05) is 31.2 Å². The molecule has 2 aliphatic heterocycles. The van der Waals surface area contributed by atoms with Crippen LogP contribution in [0.1, 0.15) is 65.4 Å². The molecular weight excluding hydrogens is 447 g/mol. The standard InChI is InChI=1S/C24H30F3N5O2/c1-15-21(23(33)32-11-9-18(28)10-12-32)30-14-31-22(15)29-13-19-3-2-4-20(34-19)16-5-7-17(8-6-16)24(25,26)27/h5-8,14,18-20H,2-4,9-13,28H2,1H3,(H,29,30,31)/t19-,20+/m0/s1. The second kappa shape index (κ2) is 10.3. The number of likely N-dealkylation sites (tertiary alicyclic amines) is 1. The van der Waals surface area contributed by atoms with E-state index in [4.69, 9.17) is 10.5 Å². The fraction of sp³-hybridized carbons (Fsp3) is 0.542. The summed E-state index contributed by atoms with van der Waals surface area (Å²) >= 11 is 0. The Balaban J connectivity index is 1.37. The quantitative estimate of drug-likeness (QED) is 0.674. The SMILES string of the molecule is Cc1c(NC[C@@H]2CCC[C@H](c3ccc(C(F)(F)F)cc3)O2)ncnc1C(=O)N1CCC(N)CC1. The van der Waals surface area contributed by atoms with Gasteiger partial charge in [0.2, 0.25) is 0 Å². The molecule has 0 bridgehead atoms. The maximum absolute atomic E-state index is 12.9.